The molecular weight excluding hydrogens is 334 g/mol. The third kappa shape index (κ3) is 5.77. The molecule has 0 radical (unpaired) electrons. The van der Waals surface area contributed by atoms with Crippen molar-refractivity contribution in [2.75, 3.05) is 31.1 Å². The summed E-state index contributed by atoms with van der Waals surface area (Å²) >= 11 is 0. The summed E-state index contributed by atoms with van der Waals surface area (Å²) in [5, 5.41) is 13.4. The molecule has 0 unspecified atom stereocenters. The Morgan fingerprint density at radius 3 is 2.58 bits per heavy atom. The van der Waals surface area contributed by atoms with Crippen LogP contribution in [0.3, 0.4) is 0 Å². The number of benzene rings is 2. The van der Waals surface area contributed by atoms with Crippen molar-refractivity contribution in [1.82, 2.24) is 5.32 Å². The highest BCUT2D eigenvalue weighted by Crippen LogP contribution is 2.17. The predicted octanol–water partition coefficient (Wildman–Crippen LogP) is 2.92. The largest absolute Gasteiger partial charge is 0.484 e. The molecule has 7 nitrogen and oxygen atoms in total. The monoisotopic (exact) mass is 357 g/mol. The average molecular weight is 357 g/mol. The summed E-state index contributed by atoms with van der Waals surface area (Å²) in [6, 6.07) is 13.9. The lowest BCUT2D eigenvalue weighted by atomic mass is 10.2. The van der Waals surface area contributed by atoms with E-state index in [1.165, 1.54) is 29.8 Å². The standard InChI is InChI=1S/C19H23N3O4/c1-3-21(17-6-4-5-15(2)13-17)12-11-20-19(23)14-26-18-9-7-16(8-10-18)22(24)25/h4-10,13H,3,11-12,14H2,1-2H3,(H,20,23). The van der Waals surface area contributed by atoms with Gasteiger partial charge in [-0.25, -0.2) is 0 Å². The van der Waals surface area contributed by atoms with Crippen molar-refractivity contribution in [3.63, 3.8) is 0 Å². The summed E-state index contributed by atoms with van der Waals surface area (Å²) in [5.41, 5.74) is 2.31. The van der Waals surface area contributed by atoms with Crippen molar-refractivity contribution < 1.29 is 14.5 Å². The van der Waals surface area contributed by atoms with E-state index in [1.54, 1.807) is 0 Å². The third-order valence-corrected chi connectivity index (χ3v) is 3.87. The van der Waals surface area contributed by atoms with Crippen LogP contribution in [0, 0.1) is 17.0 Å². The van der Waals surface area contributed by atoms with Crippen molar-refractivity contribution in [2.24, 2.45) is 0 Å². The Morgan fingerprint density at radius 1 is 1.23 bits per heavy atom. The van der Waals surface area contributed by atoms with Gasteiger partial charge in [0.15, 0.2) is 6.61 Å². The van der Waals surface area contributed by atoms with Crippen LogP contribution < -0.4 is 15.0 Å². The molecule has 0 atom stereocenters. The van der Waals surface area contributed by atoms with Gasteiger partial charge in [-0.05, 0) is 43.7 Å². The van der Waals surface area contributed by atoms with Gasteiger partial charge in [-0.3, -0.25) is 14.9 Å². The summed E-state index contributed by atoms with van der Waals surface area (Å²) in [6.07, 6.45) is 0. The third-order valence-electron chi connectivity index (χ3n) is 3.87. The van der Waals surface area contributed by atoms with E-state index in [1.807, 2.05) is 6.07 Å². The maximum absolute atomic E-state index is 11.9. The van der Waals surface area contributed by atoms with Gasteiger partial charge in [0.1, 0.15) is 5.75 Å². The van der Waals surface area contributed by atoms with Crippen molar-refractivity contribution in [3.05, 3.63) is 64.2 Å². The fourth-order valence-corrected chi connectivity index (χ4v) is 2.49. The number of carbonyl (C=O) groups excluding carboxylic acids is 1. The van der Waals surface area contributed by atoms with E-state index in [-0.39, 0.29) is 18.2 Å². The number of nitro benzene ring substituents is 1. The molecule has 0 saturated carbocycles. The molecule has 0 aromatic heterocycles. The van der Waals surface area contributed by atoms with Crippen LogP contribution in [-0.2, 0) is 4.79 Å². The lowest BCUT2D eigenvalue weighted by molar-refractivity contribution is -0.384. The van der Waals surface area contributed by atoms with E-state index in [2.05, 4.69) is 42.3 Å². The van der Waals surface area contributed by atoms with Crippen molar-refractivity contribution in [3.8, 4) is 5.75 Å². The summed E-state index contributed by atoms with van der Waals surface area (Å²) in [5.74, 6) is 0.185. The summed E-state index contributed by atoms with van der Waals surface area (Å²) in [6.45, 7) is 6.04. The van der Waals surface area contributed by atoms with E-state index >= 15 is 0 Å². The van der Waals surface area contributed by atoms with Crippen LogP contribution in [-0.4, -0.2) is 37.1 Å². The lowest BCUT2D eigenvalue weighted by Crippen LogP contribution is -2.37. The second kappa shape index (κ2) is 9.41. The molecule has 1 amide bonds. The fraction of sp³-hybridized carbons (Fsp3) is 0.316. The van der Waals surface area contributed by atoms with Gasteiger partial charge in [-0.2, -0.15) is 0 Å². The van der Waals surface area contributed by atoms with Gasteiger partial charge in [0.05, 0.1) is 4.92 Å². The first-order valence-electron chi connectivity index (χ1n) is 8.45. The number of ether oxygens (including phenoxy) is 1. The number of nitrogens with zero attached hydrogens (tertiary/aromatic N) is 2. The number of hydrogen-bond donors (Lipinski definition) is 1. The Balaban J connectivity index is 1.75. The number of nitro groups is 1. The van der Waals surface area contributed by atoms with E-state index in [0.29, 0.717) is 18.8 Å². The van der Waals surface area contributed by atoms with Gasteiger partial charge in [0.25, 0.3) is 11.6 Å². The van der Waals surface area contributed by atoms with E-state index in [0.717, 1.165) is 12.2 Å². The first-order chi connectivity index (χ1) is 12.5. The minimum absolute atomic E-state index is 0.0161. The van der Waals surface area contributed by atoms with Crippen molar-refractivity contribution in [1.29, 1.82) is 0 Å². The number of carbonyl (C=O) groups is 1. The molecule has 2 rings (SSSR count). The number of aryl methyl sites for hydroxylation is 1. The summed E-state index contributed by atoms with van der Waals surface area (Å²) < 4.78 is 5.34. The van der Waals surface area contributed by atoms with Crippen LogP contribution in [0.25, 0.3) is 0 Å². The highest BCUT2D eigenvalue weighted by atomic mass is 16.6. The molecule has 0 aliphatic heterocycles. The highest BCUT2D eigenvalue weighted by Gasteiger charge is 2.08. The molecule has 26 heavy (non-hydrogen) atoms. The van der Waals surface area contributed by atoms with Gasteiger partial charge in [-0.15, -0.1) is 0 Å². The molecule has 2 aromatic carbocycles. The molecule has 0 bridgehead atoms. The molecule has 0 fully saturated rings. The fourth-order valence-electron chi connectivity index (χ4n) is 2.49. The zero-order valence-electron chi connectivity index (χ0n) is 15.0. The molecule has 7 heteroatoms. The number of likely N-dealkylation sites (N-methyl/N-ethyl adjacent to an activating group) is 1. The molecule has 0 aliphatic rings. The number of non-ortho nitro benzene ring substituents is 1. The average Bonchev–Trinajstić information content (AvgIpc) is 2.64. The van der Waals surface area contributed by atoms with Crippen molar-refractivity contribution >= 4 is 17.3 Å². The van der Waals surface area contributed by atoms with Gasteiger partial charge in [0, 0.05) is 37.5 Å². The summed E-state index contributed by atoms with van der Waals surface area (Å²) in [7, 11) is 0. The van der Waals surface area contributed by atoms with Crippen LogP contribution >= 0.6 is 0 Å². The van der Waals surface area contributed by atoms with Crippen LogP contribution in [0.4, 0.5) is 11.4 Å². The lowest BCUT2D eigenvalue weighted by Gasteiger charge is -2.23. The van der Waals surface area contributed by atoms with E-state index < -0.39 is 4.92 Å². The van der Waals surface area contributed by atoms with Crippen LogP contribution in [0.2, 0.25) is 0 Å². The number of anilines is 1. The predicted molar refractivity (Wildman–Crippen MR) is 101 cm³/mol. The second-order valence-corrected chi connectivity index (χ2v) is 5.81. The van der Waals surface area contributed by atoms with Gasteiger partial charge >= 0.3 is 0 Å². The minimum Gasteiger partial charge on any atom is -0.484 e. The topological polar surface area (TPSA) is 84.7 Å². The molecule has 2 aromatic rings. The zero-order chi connectivity index (χ0) is 18.9. The Hall–Kier alpha value is -3.09. The number of rotatable bonds is 9. The maximum Gasteiger partial charge on any atom is 0.269 e. The molecule has 0 heterocycles. The van der Waals surface area contributed by atoms with Gasteiger partial charge < -0.3 is 15.0 Å². The Labute approximate surface area is 152 Å². The van der Waals surface area contributed by atoms with Gasteiger partial charge in [0.2, 0.25) is 0 Å². The normalized spacial score (nSPS) is 10.2. The minimum atomic E-state index is -0.482. The Bertz CT molecular complexity index is 747. The molecule has 138 valence electrons. The molecule has 0 spiro atoms. The molecule has 0 aliphatic carbocycles. The van der Waals surface area contributed by atoms with Crippen LogP contribution in [0.1, 0.15) is 12.5 Å². The molecule has 1 N–H and O–H groups in total. The zero-order valence-corrected chi connectivity index (χ0v) is 15.0. The van der Waals surface area contributed by atoms with Crippen LogP contribution in [0.5, 0.6) is 5.75 Å². The number of nitrogens with one attached hydrogen (secondary N) is 1. The quantitative estimate of drug-likeness (QED) is 0.551. The van der Waals surface area contributed by atoms with Crippen LogP contribution in [0.15, 0.2) is 48.5 Å². The Morgan fingerprint density at radius 2 is 1.96 bits per heavy atom. The molecular formula is C19H23N3O4. The first kappa shape index (κ1) is 19.2. The summed E-state index contributed by atoms with van der Waals surface area (Å²) in [4.78, 5) is 24.2. The van der Waals surface area contributed by atoms with E-state index in [4.69, 9.17) is 4.74 Å². The van der Waals surface area contributed by atoms with Gasteiger partial charge in [-0.1, -0.05) is 12.1 Å². The number of hydrogen-bond acceptors (Lipinski definition) is 5. The highest BCUT2D eigenvalue weighted by molar-refractivity contribution is 5.77. The van der Waals surface area contributed by atoms with E-state index in [9.17, 15) is 14.9 Å². The van der Waals surface area contributed by atoms with Crippen molar-refractivity contribution in [2.45, 2.75) is 13.8 Å². The Kier molecular flexibility index (Phi) is 6.96. The second-order valence-electron chi connectivity index (χ2n) is 5.81. The molecule has 0 saturated heterocycles. The maximum atomic E-state index is 11.9. The smallest absolute Gasteiger partial charge is 0.269 e. The SMILES string of the molecule is CCN(CCNC(=O)COc1ccc([N+](=O)[O-])cc1)c1cccc(C)c1. The first-order valence-corrected chi connectivity index (χ1v) is 8.45. The number of amides is 1.